The number of aryl methyl sites for hydroxylation is 2. The number of sulfone groups is 1. The first kappa shape index (κ1) is 59.2. The maximum absolute atomic E-state index is 14.9. The molecule has 3 saturated heterocycles. The Morgan fingerprint density at radius 1 is 0.878 bits per heavy atom. The Morgan fingerprint density at radius 3 is 2.33 bits per heavy atom. The van der Waals surface area contributed by atoms with E-state index in [0.717, 1.165) is 41.0 Å². The molecular weight excluding hydrogens is 1070 g/mol. The zero-order valence-electron chi connectivity index (χ0n) is 48.7. The summed E-state index contributed by atoms with van der Waals surface area (Å²) in [5.41, 5.74) is 3.85. The second-order valence-corrected chi connectivity index (χ2v) is 26.6. The van der Waals surface area contributed by atoms with Gasteiger partial charge in [-0.15, -0.1) is 0 Å². The van der Waals surface area contributed by atoms with Gasteiger partial charge in [-0.25, -0.2) is 33.1 Å². The molecule has 4 aliphatic rings. The molecule has 0 radical (unpaired) electrons. The Kier molecular flexibility index (Phi) is 17.4. The molecule has 24 heteroatoms. The highest BCUT2D eigenvalue weighted by Crippen LogP contribution is 2.38. The predicted octanol–water partition coefficient (Wildman–Crippen LogP) is 5.81. The average molecular weight is 1150 g/mol. The Bertz CT molecular complexity index is 3300. The number of carbonyl (C=O) groups excluding carboxylic acids is 5. The summed E-state index contributed by atoms with van der Waals surface area (Å²) in [6, 6.07) is 7.66. The number of hydrogen-bond donors (Lipinski definition) is 4. The van der Waals surface area contributed by atoms with Gasteiger partial charge >= 0.3 is 6.09 Å². The number of nitrogens with zero attached hydrogens (tertiary/aromatic N) is 10. The molecule has 82 heavy (non-hydrogen) atoms. The molecule has 4 N–H and O–H groups in total. The summed E-state index contributed by atoms with van der Waals surface area (Å²) in [4.78, 5) is 97.5. The second-order valence-electron chi connectivity index (χ2n) is 23.9. The van der Waals surface area contributed by atoms with E-state index in [1.165, 1.54) is 37.0 Å². The highest BCUT2D eigenvalue weighted by Gasteiger charge is 2.47. The van der Waals surface area contributed by atoms with Crippen LogP contribution in [0.25, 0.3) is 10.9 Å². The van der Waals surface area contributed by atoms with E-state index >= 15 is 0 Å². The fourth-order valence-electron chi connectivity index (χ4n) is 11.0. The van der Waals surface area contributed by atoms with Crippen molar-refractivity contribution in [3.63, 3.8) is 0 Å². The first-order valence-corrected chi connectivity index (χ1v) is 29.9. The van der Waals surface area contributed by atoms with Crippen LogP contribution in [0.15, 0.2) is 60.0 Å². The van der Waals surface area contributed by atoms with E-state index in [2.05, 4.69) is 61.9 Å². The lowest BCUT2D eigenvalue weighted by Crippen LogP contribution is -2.62. The molecule has 0 saturated carbocycles. The Hall–Kier alpha value is -7.47. The van der Waals surface area contributed by atoms with Crippen molar-refractivity contribution in [2.45, 2.75) is 153 Å². The fraction of sp³-hybridized carbons (Fsp3) is 0.552. The lowest BCUT2D eigenvalue weighted by atomic mass is 9.87. The summed E-state index contributed by atoms with van der Waals surface area (Å²) < 4.78 is 38.7. The van der Waals surface area contributed by atoms with Crippen LogP contribution in [0.5, 0.6) is 5.75 Å². The van der Waals surface area contributed by atoms with E-state index < -0.39 is 62.1 Å². The number of anilines is 3. The number of amides is 5. The monoisotopic (exact) mass is 1150 g/mol. The smallest absolute Gasteiger partial charge is 0.410 e. The number of H-pyrrole nitrogens is 1. The molecule has 3 aromatic heterocycles. The zero-order valence-corrected chi connectivity index (χ0v) is 49.6. The van der Waals surface area contributed by atoms with Gasteiger partial charge in [-0.05, 0) is 124 Å². The van der Waals surface area contributed by atoms with Gasteiger partial charge in [0.1, 0.15) is 58.0 Å². The third-order valence-electron chi connectivity index (χ3n) is 16.1. The number of aromatic nitrogens is 6. The van der Waals surface area contributed by atoms with Crippen molar-refractivity contribution in [3.05, 3.63) is 83.2 Å². The highest BCUT2D eigenvalue weighted by atomic mass is 32.2. The van der Waals surface area contributed by atoms with E-state index in [1.54, 1.807) is 64.8 Å². The number of hydrogen-bond acceptors (Lipinski definition) is 17. The maximum atomic E-state index is 14.9. The van der Waals surface area contributed by atoms with Crippen LogP contribution >= 0.6 is 0 Å². The first-order valence-electron chi connectivity index (χ1n) is 28.4. The topological polar surface area (TPSA) is 270 Å². The van der Waals surface area contributed by atoms with Gasteiger partial charge in [-0.2, -0.15) is 5.10 Å². The minimum atomic E-state index is -3.87. The Labute approximate surface area is 479 Å². The van der Waals surface area contributed by atoms with Gasteiger partial charge in [-0.1, -0.05) is 24.3 Å². The zero-order chi connectivity index (χ0) is 58.8. The van der Waals surface area contributed by atoms with Crippen molar-refractivity contribution in [1.29, 1.82) is 0 Å². The number of carbonyl (C=O) groups is 5. The van der Waals surface area contributed by atoms with E-state index in [-0.39, 0.29) is 54.0 Å². The average Bonchev–Trinajstić information content (AvgIpc) is 4.15. The standard InChI is InChI=1S/C58H78N14O9S/c1-35-36(2)66-67-50(35)65-51-41-29-48(82(78,79)58(7,8)9)47(30-43(41)61-34-62-51)80-28-14-22-69-24-26-70(27-25-69)49-32-59-44(31-60-49)54(75)71-23-21-39-19-20-46(53(74)63-42-18-13-16-38-15-11-12-17-40(38)42)72(39)55(76)45(33-71)64-52(73)37(3)68(10)56(77)81-57(4,5)6/h11-12,15,17,29-32,34,37,39,42,45-46H,13-14,16,18-28,33H2,1-10H3,(H,63,74)(H,64,73)(H2,61,62,65,66,67)/t37-,39?,42+,45-,46-/m0/s1. The largest absolute Gasteiger partial charge is 0.492 e. The predicted molar refractivity (Wildman–Crippen MR) is 308 cm³/mol. The first-order chi connectivity index (χ1) is 38.9. The third-order valence-corrected chi connectivity index (χ3v) is 18.7. The summed E-state index contributed by atoms with van der Waals surface area (Å²) in [7, 11) is -2.42. The summed E-state index contributed by atoms with van der Waals surface area (Å²) in [5, 5.41) is 17.1. The maximum Gasteiger partial charge on any atom is 0.410 e. The van der Waals surface area contributed by atoms with Crippen molar-refractivity contribution < 1.29 is 41.9 Å². The SMILES string of the molecule is Cc1[nH]nc(Nc2ncnc3cc(OCCCN4CCN(c5cnc(C(=O)N6CCC7CC[C@@H](C(=O)N[C@@H]8CCCc9ccccc98)N7C(=O)[C@@H](NC(=O)[C@H](C)N(C)C(=O)OC(C)(C)C)C6)cn5)CC4)c(S(=O)(=O)C(C)(C)C)cc23)c1C. The van der Waals surface area contributed by atoms with Gasteiger partial charge < -0.3 is 40.1 Å². The van der Waals surface area contributed by atoms with Crippen molar-refractivity contribution >= 4 is 67.9 Å². The minimum absolute atomic E-state index is 0.0571. The van der Waals surface area contributed by atoms with Gasteiger partial charge in [0.15, 0.2) is 15.7 Å². The quantitative estimate of drug-likeness (QED) is 0.0901. The Morgan fingerprint density at radius 2 is 1.63 bits per heavy atom. The molecular formula is C58H78N14O9S. The fourth-order valence-corrected chi connectivity index (χ4v) is 12.3. The van der Waals surface area contributed by atoms with E-state index in [0.29, 0.717) is 86.8 Å². The van der Waals surface area contributed by atoms with E-state index in [1.807, 2.05) is 32.0 Å². The van der Waals surface area contributed by atoms with Crippen molar-refractivity contribution in [2.24, 2.45) is 0 Å². The molecule has 3 aliphatic heterocycles. The lowest BCUT2D eigenvalue weighted by molar-refractivity contribution is -0.145. The van der Waals surface area contributed by atoms with Gasteiger partial charge in [0.25, 0.3) is 5.91 Å². The second kappa shape index (κ2) is 24.2. The highest BCUT2D eigenvalue weighted by molar-refractivity contribution is 7.92. The summed E-state index contributed by atoms with van der Waals surface area (Å²) in [6.07, 6.45) is 8.31. The molecule has 5 aromatic rings. The van der Waals surface area contributed by atoms with E-state index in [4.69, 9.17) is 9.47 Å². The number of likely N-dealkylation sites (N-methyl/N-ethyl adjacent to an activating group) is 1. The molecule has 9 rings (SSSR count). The molecule has 2 aromatic carbocycles. The van der Waals surface area contributed by atoms with Gasteiger partial charge in [0.2, 0.25) is 17.7 Å². The number of ether oxygens (including phenoxy) is 2. The summed E-state index contributed by atoms with van der Waals surface area (Å²) >= 11 is 0. The van der Waals surface area contributed by atoms with Crippen LogP contribution in [0.4, 0.5) is 22.2 Å². The van der Waals surface area contributed by atoms with Crippen LogP contribution in [-0.4, -0.2) is 182 Å². The molecule has 0 spiro atoms. The van der Waals surface area contributed by atoms with Crippen molar-refractivity contribution in [1.82, 2.24) is 60.4 Å². The molecule has 1 aliphatic carbocycles. The number of rotatable bonds is 15. The normalized spacial score (nSPS) is 20.3. The van der Waals surface area contributed by atoms with Gasteiger partial charge in [0, 0.05) is 75.1 Å². The number of aromatic amines is 1. The van der Waals surface area contributed by atoms with Crippen LogP contribution in [0, 0.1) is 13.8 Å². The third kappa shape index (κ3) is 12.9. The molecule has 6 heterocycles. The number of benzene rings is 2. The summed E-state index contributed by atoms with van der Waals surface area (Å²) in [6.45, 7) is 19.2. The molecule has 23 nitrogen and oxygen atoms in total. The number of nitrogens with one attached hydrogen (secondary N) is 4. The van der Waals surface area contributed by atoms with Crippen LogP contribution in [0.3, 0.4) is 0 Å². The number of fused-ring (bicyclic) bond motifs is 3. The van der Waals surface area contributed by atoms with Crippen LogP contribution in [0.2, 0.25) is 0 Å². The summed E-state index contributed by atoms with van der Waals surface area (Å²) in [5.74, 6) is -0.0183. The Balaban J connectivity index is 0.829. The molecule has 5 amide bonds. The van der Waals surface area contributed by atoms with Crippen LogP contribution < -0.4 is 25.6 Å². The van der Waals surface area contributed by atoms with Crippen LogP contribution in [-0.2, 0) is 35.4 Å². The molecule has 1 unspecified atom stereocenters. The molecule has 440 valence electrons. The minimum Gasteiger partial charge on any atom is -0.492 e. The van der Waals surface area contributed by atoms with E-state index in [9.17, 15) is 32.4 Å². The van der Waals surface area contributed by atoms with Crippen molar-refractivity contribution in [3.8, 4) is 5.75 Å². The van der Waals surface area contributed by atoms with Gasteiger partial charge in [-0.3, -0.25) is 34.1 Å². The lowest BCUT2D eigenvalue weighted by Gasteiger charge is -2.39. The molecule has 5 atom stereocenters. The molecule has 3 fully saturated rings. The van der Waals surface area contributed by atoms with Crippen molar-refractivity contribution in [2.75, 3.05) is 69.7 Å². The number of piperazine rings is 1. The van der Waals surface area contributed by atoms with Gasteiger partial charge in [0.05, 0.1) is 41.9 Å². The van der Waals surface area contributed by atoms with Crippen LogP contribution in [0.1, 0.15) is 126 Å². The molecule has 0 bridgehead atoms.